The maximum atomic E-state index is 11.3. The van der Waals surface area contributed by atoms with E-state index in [-0.39, 0.29) is 0 Å². The van der Waals surface area contributed by atoms with Gasteiger partial charge in [-0.05, 0) is 31.2 Å². The van der Waals surface area contributed by atoms with Crippen molar-refractivity contribution in [1.82, 2.24) is 0 Å². The highest BCUT2D eigenvalue weighted by molar-refractivity contribution is 6.30. The van der Waals surface area contributed by atoms with E-state index in [1.165, 1.54) is 20.1 Å². The first kappa shape index (κ1) is 15.0. The van der Waals surface area contributed by atoms with E-state index in [1.807, 2.05) is 0 Å². The van der Waals surface area contributed by atoms with Crippen LogP contribution in [-0.4, -0.2) is 30.3 Å². The first-order valence-electron chi connectivity index (χ1n) is 5.39. The molecule has 0 aliphatic rings. The fourth-order valence-corrected chi connectivity index (χ4v) is 1.50. The van der Waals surface area contributed by atoms with E-state index in [4.69, 9.17) is 21.4 Å². The van der Waals surface area contributed by atoms with Crippen LogP contribution in [0.4, 0.5) is 0 Å². The van der Waals surface area contributed by atoms with Crippen LogP contribution < -0.4 is 4.74 Å². The standard InChI is InChI=1S/C13H13ClO5/c1-8(13(17)18-2)19-11-5-4-10(14)7-9(11)3-6-12(15)16/h3-8H,1-2H3,(H,15,16). The van der Waals surface area contributed by atoms with Gasteiger partial charge in [0.05, 0.1) is 7.11 Å². The second-order valence-corrected chi connectivity index (χ2v) is 4.07. The number of esters is 1. The summed E-state index contributed by atoms with van der Waals surface area (Å²) < 4.78 is 9.95. The number of ether oxygens (including phenoxy) is 2. The molecule has 6 heteroatoms. The van der Waals surface area contributed by atoms with Crippen LogP contribution in [0.1, 0.15) is 12.5 Å². The van der Waals surface area contributed by atoms with Crippen LogP contribution in [0.15, 0.2) is 24.3 Å². The summed E-state index contributed by atoms with van der Waals surface area (Å²) in [5, 5.41) is 9.04. The van der Waals surface area contributed by atoms with E-state index < -0.39 is 18.0 Å². The predicted octanol–water partition coefficient (Wildman–Crippen LogP) is 2.38. The van der Waals surface area contributed by atoms with E-state index >= 15 is 0 Å². The van der Waals surface area contributed by atoms with E-state index in [9.17, 15) is 9.59 Å². The maximum Gasteiger partial charge on any atom is 0.346 e. The molecule has 1 aromatic rings. The number of carboxylic acids is 1. The highest BCUT2D eigenvalue weighted by atomic mass is 35.5. The molecule has 0 amide bonds. The van der Waals surface area contributed by atoms with Crippen molar-refractivity contribution >= 4 is 29.6 Å². The number of hydrogen-bond donors (Lipinski definition) is 1. The van der Waals surface area contributed by atoms with Crippen LogP contribution in [0.3, 0.4) is 0 Å². The fourth-order valence-electron chi connectivity index (χ4n) is 1.32. The molecule has 0 aromatic heterocycles. The molecule has 1 aromatic carbocycles. The van der Waals surface area contributed by atoms with Crippen molar-refractivity contribution in [2.75, 3.05) is 7.11 Å². The third kappa shape index (κ3) is 4.63. The largest absolute Gasteiger partial charge is 0.478 e. The molecule has 1 N–H and O–H groups in total. The van der Waals surface area contributed by atoms with Gasteiger partial charge in [0.15, 0.2) is 6.10 Å². The van der Waals surface area contributed by atoms with Crippen LogP contribution in [0.2, 0.25) is 5.02 Å². The van der Waals surface area contributed by atoms with Gasteiger partial charge in [-0.25, -0.2) is 9.59 Å². The Kier molecular flexibility index (Phi) is 5.38. The van der Waals surface area contributed by atoms with Crippen molar-refractivity contribution in [2.45, 2.75) is 13.0 Å². The molecule has 0 spiro atoms. The van der Waals surface area contributed by atoms with Gasteiger partial charge >= 0.3 is 11.9 Å². The van der Waals surface area contributed by atoms with E-state index in [0.717, 1.165) is 6.08 Å². The molecule has 1 atom stereocenters. The number of methoxy groups -OCH3 is 1. The van der Waals surface area contributed by atoms with Crippen molar-refractivity contribution in [3.8, 4) is 5.75 Å². The van der Waals surface area contributed by atoms with Crippen molar-refractivity contribution in [1.29, 1.82) is 0 Å². The summed E-state index contributed by atoms with van der Waals surface area (Å²) >= 11 is 5.83. The molecular formula is C13H13ClO5. The second kappa shape index (κ2) is 6.80. The SMILES string of the molecule is COC(=O)C(C)Oc1ccc(Cl)cc1C=CC(=O)O. The van der Waals surface area contributed by atoms with Crippen molar-refractivity contribution < 1.29 is 24.2 Å². The zero-order valence-electron chi connectivity index (χ0n) is 10.4. The topological polar surface area (TPSA) is 72.8 Å². The molecule has 1 unspecified atom stereocenters. The number of halogens is 1. The summed E-state index contributed by atoms with van der Waals surface area (Å²) in [6.07, 6.45) is 1.50. The lowest BCUT2D eigenvalue weighted by Crippen LogP contribution is -2.25. The highest BCUT2D eigenvalue weighted by Gasteiger charge is 2.16. The molecule has 5 nitrogen and oxygen atoms in total. The zero-order valence-corrected chi connectivity index (χ0v) is 11.2. The lowest BCUT2D eigenvalue weighted by molar-refractivity contribution is -0.147. The Morgan fingerprint density at radius 2 is 2.11 bits per heavy atom. The maximum absolute atomic E-state index is 11.3. The minimum atomic E-state index is -1.09. The van der Waals surface area contributed by atoms with Gasteiger partial charge in [-0.15, -0.1) is 0 Å². The van der Waals surface area contributed by atoms with Gasteiger partial charge in [0.25, 0.3) is 0 Å². The fraction of sp³-hybridized carbons (Fsp3) is 0.231. The third-order valence-electron chi connectivity index (χ3n) is 2.21. The van der Waals surface area contributed by atoms with Gasteiger partial charge in [0, 0.05) is 16.7 Å². The Hall–Kier alpha value is -2.01. The van der Waals surface area contributed by atoms with Gasteiger partial charge in [0.1, 0.15) is 5.75 Å². The number of carbonyl (C=O) groups excluding carboxylic acids is 1. The molecule has 19 heavy (non-hydrogen) atoms. The summed E-state index contributed by atoms with van der Waals surface area (Å²) in [6, 6.07) is 4.68. The van der Waals surface area contributed by atoms with Gasteiger partial charge in [0.2, 0.25) is 0 Å². The van der Waals surface area contributed by atoms with E-state index in [1.54, 1.807) is 18.2 Å². The smallest absolute Gasteiger partial charge is 0.346 e. The summed E-state index contributed by atoms with van der Waals surface area (Å²) in [5.41, 5.74) is 0.464. The van der Waals surface area contributed by atoms with E-state index in [2.05, 4.69) is 4.74 Å². The molecule has 0 saturated heterocycles. The predicted molar refractivity (Wildman–Crippen MR) is 70.2 cm³/mol. The number of carbonyl (C=O) groups is 2. The molecule has 0 heterocycles. The summed E-state index contributed by atoms with van der Waals surface area (Å²) in [6.45, 7) is 1.53. The Bertz CT molecular complexity index is 510. The lowest BCUT2D eigenvalue weighted by atomic mass is 10.2. The molecule has 0 saturated carbocycles. The molecule has 0 radical (unpaired) electrons. The van der Waals surface area contributed by atoms with Crippen LogP contribution in [0, 0.1) is 0 Å². The van der Waals surface area contributed by atoms with Gasteiger partial charge in [-0.1, -0.05) is 11.6 Å². The molecule has 0 fully saturated rings. The Morgan fingerprint density at radius 1 is 1.42 bits per heavy atom. The first-order valence-corrected chi connectivity index (χ1v) is 5.77. The number of hydrogen-bond acceptors (Lipinski definition) is 4. The average Bonchev–Trinajstić information content (AvgIpc) is 2.37. The second-order valence-electron chi connectivity index (χ2n) is 3.64. The lowest BCUT2D eigenvalue weighted by Gasteiger charge is -2.14. The summed E-state index contributed by atoms with van der Waals surface area (Å²) in [5.74, 6) is -1.27. The third-order valence-corrected chi connectivity index (χ3v) is 2.45. The molecular weight excluding hydrogens is 272 g/mol. The van der Waals surface area contributed by atoms with Crippen LogP contribution in [0.25, 0.3) is 6.08 Å². The van der Waals surface area contributed by atoms with Crippen molar-refractivity contribution in [2.24, 2.45) is 0 Å². The normalized spacial score (nSPS) is 12.2. The number of aliphatic carboxylic acids is 1. The monoisotopic (exact) mass is 284 g/mol. The molecule has 102 valence electrons. The Morgan fingerprint density at radius 3 is 2.68 bits per heavy atom. The van der Waals surface area contributed by atoms with Crippen LogP contribution in [0.5, 0.6) is 5.75 Å². The van der Waals surface area contributed by atoms with Gasteiger partial charge in [-0.2, -0.15) is 0 Å². The number of benzene rings is 1. The molecule has 1 rings (SSSR count). The average molecular weight is 285 g/mol. The number of rotatable bonds is 5. The Balaban J connectivity index is 2.99. The molecule has 0 aliphatic carbocycles. The zero-order chi connectivity index (χ0) is 14.4. The number of carboxylic acid groups (broad SMARTS) is 1. The highest BCUT2D eigenvalue weighted by Crippen LogP contribution is 2.25. The minimum Gasteiger partial charge on any atom is -0.478 e. The van der Waals surface area contributed by atoms with Crippen molar-refractivity contribution in [3.05, 3.63) is 34.9 Å². The van der Waals surface area contributed by atoms with Crippen LogP contribution in [-0.2, 0) is 14.3 Å². The minimum absolute atomic E-state index is 0.347. The summed E-state index contributed by atoms with van der Waals surface area (Å²) in [4.78, 5) is 21.8. The molecule has 0 bridgehead atoms. The van der Waals surface area contributed by atoms with Gasteiger partial charge in [-0.3, -0.25) is 0 Å². The summed E-state index contributed by atoms with van der Waals surface area (Å²) in [7, 11) is 1.26. The van der Waals surface area contributed by atoms with Gasteiger partial charge < -0.3 is 14.6 Å². The molecule has 0 aliphatic heterocycles. The quantitative estimate of drug-likeness (QED) is 0.664. The first-order chi connectivity index (χ1) is 8.93. The van der Waals surface area contributed by atoms with E-state index in [0.29, 0.717) is 16.3 Å². The van der Waals surface area contributed by atoms with Crippen molar-refractivity contribution in [3.63, 3.8) is 0 Å². The Labute approximate surface area is 115 Å². The van der Waals surface area contributed by atoms with Crippen LogP contribution >= 0.6 is 11.6 Å².